The van der Waals surface area contributed by atoms with Crippen LogP contribution in [0.25, 0.3) is 5.70 Å². The van der Waals surface area contributed by atoms with E-state index in [0.717, 1.165) is 16.8 Å². The highest BCUT2D eigenvalue weighted by molar-refractivity contribution is 6.23. The molecule has 164 valence electrons. The maximum Gasteiger partial charge on any atom is 0.336 e. The predicted octanol–water partition coefficient (Wildman–Crippen LogP) is 5.61. The third-order valence-corrected chi connectivity index (χ3v) is 5.91. The van der Waals surface area contributed by atoms with Crippen LogP contribution in [0.15, 0.2) is 95.7 Å². The zero-order valence-electron chi connectivity index (χ0n) is 18.4. The molecule has 3 aromatic rings. The molecule has 1 unspecified atom stereocenters. The van der Waals surface area contributed by atoms with Crippen LogP contribution < -0.4 is 10.1 Å². The fourth-order valence-electron chi connectivity index (χ4n) is 4.52. The second kappa shape index (κ2) is 8.43. The number of carbonyl (C=O) groups excluding carboxylic acids is 2. The molecule has 3 aromatic carbocycles. The molecule has 1 atom stereocenters. The number of hydrogen-bond donors (Lipinski definition) is 1. The lowest BCUT2D eigenvalue weighted by Gasteiger charge is -2.29. The van der Waals surface area contributed by atoms with Gasteiger partial charge in [0.15, 0.2) is 5.78 Å². The van der Waals surface area contributed by atoms with Crippen molar-refractivity contribution in [2.45, 2.75) is 19.8 Å². The van der Waals surface area contributed by atoms with Gasteiger partial charge >= 0.3 is 5.97 Å². The monoisotopic (exact) mass is 437 g/mol. The first-order valence-corrected chi connectivity index (χ1v) is 10.9. The van der Waals surface area contributed by atoms with Crippen LogP contribution >= 0.6 is 0 Å². The first kappa shape index (κ1) is 20.8. The van der Waals surface area contributed by atoms with Gasteiger partial charge in [-0.05, 0) is 43.7 Å². The average molecular weight is 437 g/mol. The van der Waals surface area contributed by atoms with Crippen molar-refractivity contribution in [1.82, 2.24) is 5.32 Å². The maximum atomic E-state index is 13.5. The summed E-state index contributed by atoms with van der Waals surface area (Å²) >= 11 is 0. The number of allylic oxidation sites excluding steroid dienone is 2. The van der Waals surface area contributed by atoms with E-state index in [9.17, 15) is 9.59 Å². The molecule has 0 saturated heterocycles. The Morgan fingerprint density at radius 3 is 2.36 bits per heavy atom. The number of carbonyl (C=O) groups is 2. The third-order valence-electron chi connectivity index (χ3n) is 5.91. The molecule has 1 heterocycles. The van der Waals surface area contributed by atoms with Crippen molar-refractivity contribution in [1.29, 1.82) is 0 Å². The molecule has 1 aliphatic heterocycles. The van der Waals surface area contributed by atoms with Crippen molar-refractivity contribution in [2.75, 3.05) is 6.61 Å². The lowest BCUT2D eigenvalue weighted by Crippen LogP contribution is -2.29. The van der Waals surface area contributed by atoms with Crippen molar-refractivity contribution >= 4 is 17.4 Å². The Morgan fingerprint density at radius 1 is 0.909 bits per heavy atom. The van der Waals surface area contributed by atoms with Gasteiger partial charge < -0.3 is 14.8 Å². The minimum atomic E-state index is -0.570. The highest BCUT2D eigenvalue weighted by atomic mass is 16.5. The molecule has 33 heavy (non-hydrogen) atoms. The number of rotatable bonds is 5. The summed E-state index contributed by atoms with van der Waals surface area (Å²) in [5.74, 6) is 0.253. The topological polar surface area (TPSA) is 64.6 Å². The van der Waals surface area contributed by atoms with Gasteiger partial charge in [-0.2, -0.15) is 0 Å². The first-order chi connectivity index (χ1) is 16.1. The molecule has 0 saturated carbocycles. The summed E-state index contributed by atoms with van der Waals surface area (Å²) in [7, 11) is 0. The Bertz CT molecular complexity index is 1320. The molecule has 2 aliphatic rings. The quantitative estimate of drug-likeness (QED) is 0.526. The van der Waals surface area contributed by atoms with E-state index < -0.39 is 11.9 Å². The van der Waals surface area contributed by atoms with E-state index in [1.54, 1.807) is 6.92 Å². The summed E-state index contributed by atoms with van der Waals surface area (Å²) in [6, 6.07) is 24.5. The Morgan fingerprint density at radius 2 is 1.61 bits per heavy atom. The van der Waals surface area contributed by atoms with Crippen LogP contribution in [-0.4, -0.2) is 18.4 Å². The molecule has 0 amide bonds. The fourth-order valence-corrected chi connectivity index (χ4v) is 4.52. The van der Waals surface area contributed by atoms with Gasteiger partial charge in [0.25, 0.3) is 0 Å². The molecular weight excluding hydrogens is 414 g/mol. The van der Waals surface area contributed by atoms with E-state index >= 15 is 0 Å². The minimum absolute atomic E-state index is 0.0817. The van der Waals surface area contributed by atoms with Gasteiger partial charge in [-0.3, -0.25) is 4.79 Å². The highest BCUT2D eigenvalue weighted by Gasteiger charge is 2.42. The van der Waals surface area contributed by atoms with Gasteiger partial charge in [-0.1, -0.05) is 54.6 Å². The van der Waals surface area contributed by atoms with E-state index in [0.29, 0.717) is 33.9 Å². The molecule has 0 radical (unpaired) electrons. The van der Waals surface area contributed by atoms with E-state index in [2.05, 4.69) is 5.32 Å². The number of ether oxygens (including phenoxy) is 2. The van der Waals surface area contributed by atoms with Crippen molar-refractivity contribution in [2.24, 2.45) is 0 Å². The molecule has 5 heteroatoms. The van der Waals surface area contributed by atoms with Crippen LogP contribution in [-0.2, 0) is 9.53 Å². The summed E-state index contributed by atoms with van der Waals surface area (Å²) in [4.78, 5) is 26.6. The molecule has 5 rings (SSSR count). The summed E-state index contributed by atoms with van der Waals surface area (Å²) in [5.41, 5.74) is 4.70. The second-order valence-corrected chi connectivity index (χ2v) is 7.97. The number of Topliss-reactive ketones (excluding diaryl/α,β-unsaturated/α-hetero) is 1. The summed E-state index contributed by atoms with van der Waals surface area (Å²) in [5, 5.41) is 3.31. The largest absolute Gasteiger partial charge is 0.463 e. The summed E-state index contributed by atoms with van der Waals surface area (Å²) < 4.78 is 11.4. The lowest BCUT2D eigenvalue weighted by atomic mass is 9.80. The van der Waals surface area contributed by atoms with Crippen LogP contribution in [0.3, 0.4) is 0 Å². The number of esters is 1. The zero-order valence-corrected chi connectivity index (χ0v) is 18.4. The van der Waals surface area contributed by atoms with Crippen LogP contribution in [0, 0.1) is 0 Å². The fraction of sp³-hybridized carbons (Fsp3) is 0.143. The Kier molecular flexibility index (Phi) is 5.31. The number of hydrogen-bond acceptors (Lipinski definition) is 5. The van der Waals surface area contributed by atoms with Crippen molar-refractivity contribution < 1.29 is 19.1 Å². The highest BCUT2D eigenvalue weighted by Crippen LogP contribution is 2.47. The Labute approximate surface area is 192 Å². The van der Waals surface area contributed by atoms with E-state index in [-0.39, 0.29) is 12.4 Å². The van der Waals surface area contributed by atoms with Gasteiger partial charge in [0.05, 0.1) is 17.9 Å². The van der Waals surface area contributed by atoms with Crippen molar-refractivity contribution in [3.63, 3.8) is 0 Å². The summed E-state index contributed by atoms with van der Waals surface area (Å²) in [6.07, 6.45) is 0. The van der Waals surface area contributed by atoms with Crippen molar-refractivity contribution in [3.05, 3.63) is 112 Å². The van der Waals surface area contributed by atoms with Gasteiger partial charge in [0, 0.05) is 28.3 Å². The molecular formula is C28H23NO4. The molecule has 1 N–H and O–H groups in total. The molecule has 0 fully saturated rings. The van der Waals surface area contributed by atoms with E-state index in [1.165, 1.54) is 0 Å². The van der Waals surface area contributed by atoms with Crippen LogP contribution in [0.1, 0.15) is 41.3 Å². The number of benzene rings is 3. The van der Waals surface area contributed by atoms with Gasteiger partial charge in [0.2, 0.25) is 0 Å². The lowest BCUT2D eigenvalue weighted by molar-refractivity contribution is -0.138. The third kappa shape index (κ3) is 3.61. The van der Waals surface area contributed by atoms with Gasteiger partial charge in [-0.15, -0.1) is 0 Å². The SMILES string of the molecule is CCOC(=O)C1=C(C)NC2=C(C(=O)c3ccccc32)C1c1cccc(Oc2ccccc2)c1. The van der Waals surface area contributed by atoms with E-state index in [1.807, 2.05) is 85.8 Å². The Hall–Kier alpha value is -4.12. The second-order valence-electron chi connectivity index (χ2n) is 7.97. The normalized spacial score (nSPS) is 16.8. The molecule has 0 spiro atoms. The number of dihydropyridines is 1. The first-order valence-electron chi connectivity index (χ1n) is 10.9. The molecule has 1 aliphatic carbocycles. The van der Waals surface area contributed by atoms with Crippen molar-refractivity contribution in [3.8, 4) is 11.5 Å². The van der Waals surface area contributed by atoms with Gasteiger partial charge in [0.1, 0.15) is 11.5 Å². The van der Waals surface area contributed by atoms with Crippen LogP contribution in [0.2, 0.25) is 0 Å². The Balaban J connectivity index is 1.63. The number of ketones is 1. The standard InChI is InChI=1S/C28H23NO4/c1-3-32-28(31)23-17(2)29-26-21-14-7-8-15-22(21)27(30)25(26)24(23)18-10-9-13-20(16-18)33-19-11-5-4-6-12-19/h4-16,24,29H,3H2,1-2H3. The smallest absolute Gasteiger partial charge is 0.336 e. The maximum absolute atomic E-state index is 13.5. The molecule has 0 bridgehead atoms. The molecule has 5 nitrogen and oxygen atoms in total. The zero-order chi connectivity index (χ0) is 22.9. The number of nitrogens with one attached hydrogen (secondary N) is 1. The van der Waals surface area contributed by atoms with Crippen LogP contribution in [0.4, 0.5) is 0 Å². The summed E-state index contributed by atoms with van der Waals surface area (Å²) in [6.45, 7) is 3.87. The van der Waals surface area contributed by atoms with Crippen LogP contribution in [0.5, 0.6) is 11.5 Å². The van der Waals surface area contributed by atoms with E-state index in [4.69, 9.17) is 9.47 Å². The average Bonchev–Trinajstić information content (AvgIpc) is 3.11. The predicted molar refractivity (Wildman–Crippen MR) is 126 cm³/mol. The number of fused-ring (bicyclic) bond motifs is 2. The minimum Gasteiger partial charge on any atom is -0.463 e. The van der Waals surface area contributed by atoms with Gasteiger partial charge in [-0.25, -0.2) is 4.79 Å². The molecule has 0 aromatic heterocycles. The number of para-hydroxylation sites is 1.